The van der Waals surface area contributed by atoms with Crippen LogP contribution in [0.25, 0.3) is 0 Å². The maximum atomic E-state index is 3.89. The summed E-state index contributed by atoms with van der Waals surface area (Å²) in [5.41, 5.74) is 0.287. The molecule has 2 nitrogen and oxygen atoms in total. The van der Waals surface area contributed by atoms with E-state index in [2.05, 4.69) is 24.5 Å². The first-order chi connectivity index (χ1) is 9.09. The molecule has 1 aliphatic heterocycles. The predicted octanol–water partition coefficient (Wildman–Crippen LogP) is 2.79. The van der Waals surface area contributed by atoms with Crippen molar-refractivity contribution < 1.29 is 0 Å². The predicted molar refractivity (Wildman–Crippen MR) is 79.0 cm³/mol. The molecule has 0 aromatic carbocycles. The number of rotatable bonds is 2. The highest BCUT2D eigenvalue weighted by Gasteiger charge is 2.48. The molecule has 0 amide bonds. The fourth-order valence-corrected chi connectivity index (χ4v) is 6.11. The Morgan fingerprint density at radius 1 is 0.947 bits per heavy atom. The Balaban J connectivity index is 1.43. The topological polar surface area (TPSA) is 24.1 Å². The van der Waals surface area contributed by atoms with Gasteiger partial charge in [0.2, 0.25) is 0 Å². The molecule has 0 radical (unpaired) electrons. The summed E-state index contributed by atoms with van der Waals surface area (Å²) in [6.07, 6.45) is 9.30. The van der Waals surface area contributed by atoms with Gasteiger partial charge in [0.1, 0.15) is 0 Å². The second-order valence-electron chi connectivity index (χ2n) is 8.69. The van der Waals surface area contributed by atoms with Gasteiger partial charge in [-0.1, -0.05) is 0 Å². The molecule has 4 bridgehead atoms. The molecular weight excluding hydrogens is 232 g/mol. The number of nitrogens with one attached hydrogen (secondary N) is 2. The minimum absolute atomic E-state index is 0.287. The summed E-state index contributed by atoms with van der Waals surface area (Å²) in [5.74, 6) is 5.45. The average Bonchev–Trinajstić information content (AvgIpc) is 2.31. The average molecular weight is 262 g/mol. The summed E-state index contributed by atoms with van der Waals surface area (Å²) in [4.78, 5) is 0. The van der Waals surface area contributed by atoms with E-state index in [1.165, 1.54) is 13.0 Å². The fraction of sp³-hybridized carbons (Fsp3) is 1.00. The van der Waals surface area contributed by atoms with E-state index in [0.717, 1.165) is 36.1 Å². The maximum Gasteiger partial charge on any atom is 0.0252 e. The first kappa shape index (κ1) is 12.6. The van der Waals surface area contributed by atoms with Crippen molar-refractivity contribution in [2.24, 2.45) is 29.6 Å². The van der Waals surface area contributed by atoms with Crippen molar-refractivity contribution in [1.29, 1.82) is 0 Å². The highest BCUT2D eigenvalue weighted by atomic mass is 15.1. The lowest BCUT2D eigenvalue weighted by molar-refractivity contribution is -0.0450. The zero-order valence-electron chi connectivity index (χ0n) is 12.6. The van der Waals surface area contributed by atoms with Crippen molar-refractivity contribution in [3.05, 3.63) is 0 Å². The van der Waals surface area contributed by atoms with Crippen molar-refractivity contribution in [3.8, 4) is 0 Å². The monoisotopic (exact) mass is 262 g/mol. The molecule has 5 fully saturated rings. The molecule has 4 aliphatic carbocycles. The van der Waals surface area contributed by atoms with Crippen LogP contribution >= 0.6 is 0 Å². The lowest BCUT2D eigenvalue weighted by atomic mass is 9.51. The summed E-state index contributed by atoms with van der Waals surface area (Å²) in [5, 5.41) is 7.52. The molecule has 2 heteroatoms. The van der Waals surface area contributed by atoms with Gasteiger partial charge < -0.3 is 10.6 Å². The SMILES string of the molecule is CC1(C)CNCC(CC2C3CC4CC(C3)CC2C4)N1. The molecule has 2 N–H and O–H groups in total. The summed E-state index contributed by atoms with van der Waals surface area (Å²) in [6, 6.07) is 0.714. The molecule has 0 spiro atoms. The van der Waals surface area contributed by atoms with Crippen LogP contribution in [0.1, 0.15) is 52.4 Å². The molecule has 19 heavy (non-hydrogen) atoms. The third-order valence-electron chi connectivity index (χ3n) is 6.53. The molecule has 0 aromatic rings. The number of piperazine rings is 1. The molecule has 1 unspecified atom stereocenters. The molecule has 5 aliphatic rings. The maximum absolute atomic E-state index is 3.89. The van der Waals surface area contributed by atoms with Crippen LogP contribution < -0.4 is 10.6 Å². The zero-order valence-corrected chi connectivity index (χ0v) is 12.6. The Kier molecular flexibility index (Phi) is 2.97. The van der Waals surface area contributed by atoms with Gasteiger partial charge in [0.05, 0.1) is 0 Å². The van der Waals surface area contributed by atoms with Crippen LogP contribution in [0, 0.1) is 29.6 Å². The van der Waals surface area contributed by atoms with Crippen molar-refractivity contribution in [1.82, 2.24) is 10.6 Å². The van der Waals surface area contributed by atoms with Crippen molar-refractivity contribution in [2.45, 2.75) is 64.0 Å². The highest BCUT2D eigenvalue weighted by molar-refractivity contribution is 5.00. The Hall–Kier alpha value is -0.0800. The van der Waals surface area contributed by atoms with Crippen molar-refractivity contribution >= 4 is 0 Å². The van der Waals surface area contributed by atoms with Crippen LogP contribution in [0.5, 0.6) is 0 Å². The Morgan fingerprint density at radius 2 is 1.58 bits per heavy atom. The lowest BCUT2D eigenvalue weighted by Crippen LogP contribution is -2.61. The van der Waals surface area contributed by atoms with E-state index in [1.54, 1.807) is 32.1 Å². The molecule has 1 heterocycles. The Morgan fingerprint density at radius 3 is 2.16 bits per heavy atom. The Labute approximate surface area is 118 Å². The third kappa shape index (κ3) is 2.35. The van der Waals surface area contributed by atoms with Crippen LogP contribution in [-0.2, 0) is 0 Å². The second-order valence-corrected chi connectivity index (χ2v) is 8.69. The first-order valence-electron chi connectivity index (χ1n) is 8.57. The summed E-state index contributed by atoms with van der Waals surface area (Å²) in [6.45, 7) is 6.98. The molecule has 0 aromatic heterocycles. The van der Waals surface area contributed by atoms with E-state index in [9.17, 15) is 0 Å². The van der Waals surface area contributed by atoms with E-state index in [-0.39, 0.29) is 5.54 Å². The lowest BCUT2D eigenvalue weighted by Gasteiger charge is -2.55. The second kappa shape index (κ2) is 4.46. The molecule has 1 atom stereocenters. The van der Waals surface area contributed by atoms with E-state index in [0.29, 0.717) is 6.04 Å². The summed E-state index contributed by atoms with van der Waals surface area (Å²) in [7, 11) is 0. The normalized spacial score (nSPS) is 51.5. The van der Waals surface area contributed by atoms with E-state index in [1.807, 2.05) is 0 Å². The van der Waals surface area contributed by atoms with Crippen LogP contribution in [0.3, 0.4) is 0 Å². The van der Waals surface area contributed by atoms with Crippen molar-refractivity contribution in [2.75, 3.05) is 13.1 Å². The minimum atomic E-state index is 0.287. The van der Waals surface area contributed by atoms with Gasteiger partial charge in [-0.2, -0.15) is 0 Å². The number of hydrogen-bond donors (Lipinski definition) is 2. The molecule has 4 saturated carbocycles. The fourth-order valence-electron chi connectivity index (χ4n) is 6.11. The van der Waals surface area contributed by atoms with Gasteiger partial charge in [0, 0.05) is 24.7 Å². The van der Waals surface area contributed by atoms with Gasteiger partial charge in [0.25, 0.3) is 0 Å². The summed E-state index contributed by atoms with van der Waals surface area (Å²) < 4.78 is 0. The van der Waals surface area contributed by atoms with E-state index >= 15 is 0 Å². The molecule has 108 valence electrons. The molecule has 1 saturated heterocycles. The van der Waals surface area contributed by atoms with Gasteiger partial charge in [-0.3, -0.25) is 0 Å². The van der Waals surface area contributed by atoms with Gasteiger partial charge >= 0.3 is 0 Å². The van der Waals surface area contributed by atoms with Crippen LogP contribution in [0.15, 0.2) is 0 Å². The molecular formula is C17H30N2. The molecule has 5 rings (SSSR count). The van der Waals surface area contributed by atoms with E-state index < -0.39 is 0 Å². The van der Waals surface area contributed by atoms with Gasteiger partial charge in [0.15, 0.2) is 0 Å². The highest BCUT2D eigenvalue weighted by Crippen LogP contribution is 2.57. The van der Waals surface area contributed by atoms with Crippen LogP contribution in [0.2, 0.25) is 0 Å². The van der Waals surface area contributed by atoms with Crippen LogP contribution in [0.4, 0.5) is 0 Å². The smallest absolute Gasteiger partial charge is 0.0252 e. The third-order valence-corrected chi connectivity index (χ3v) is 6.53. The summed E-state index contributed by atoms with van der Waals surface area (Å²) >= 11 is 0. The van der Waals surface area contributed by atoms with Gasteiger partial charge in [-0.25, -0.2) is 0 Å². The van der Waals surface area contributed by atoms with Crippen LogP contribution in [-0.4, -0.2) is 24.7 Å². The zero-order chi connectivity index (χ0) is 13.0. The first-order valence-corrected chi connectivity index (χ1v) is 8.57. The minimum Gasteiger partial charge on any atom is -0.313 e. The van der Waals surface area contributed by atoms with Gasteiger partial charge in [-0.05, 0) is 82.0 Å². The standard InChI is InChI=1S/C17H30N2/c1-17(2)10-18-9-15(19-17)8-16-13-4-11-3-12(6-13)7-14(16)5-11/h11-16,18-19H,3-10H2,1-2H3. The quantitative estimate of drug-likeness (QED) is 0.799. The van der Waals surface area contributed by atoms with Gasteiger partial charge in [-0.15, -0.1) is 0 Å². The largest absolute Gasteiger partial charge is 0.313 e. The van der Waals surface area contributed by atoms with E-state index in [4.69, 9.17) is 0 Å². The Bertz CT molecular complexity index is 321. The number of hydrogen-bond acceptors (Lipinski definition) is 2. The van der Waals surface area contributed by atoms with Crippen molar-refractivity contribution in [3.63, 3.8) is 0 Å².